The van der Waals surface area contributed by atoms with Crippen LogP contribution in [0.3, 0.4) is 0 Å². The Hall–Kier alpha value is -6.62. The predicted molar refractivity (Wildman–Crippen MR) is 236 cm³/mol. The number of nitriles is 2. The van der Waals surface area contributed by atoms with Crippen molar-refractivity contribution >= 4 is 66.4 Å². The first-order valence-electron chi connectivity index (χ1n) is 19.8. The minimum Gasteiger partial charge on any atom is -0.310 e. The molecule has 0 saturated carbocycles. The van der Waals surface area contributed by atoms with Crippen molar-refractivity contribution in [3.63, 3.8) is 0 Å². The van der Waals surface area contributed by atoms with Gasteiger partial charge in [0.15, 0.2) is 0 Å². The summed E-state index contributed by atoms with van der Waals surface area (Å²) in [7, 11) is 0. The number of rotatable bonds is 10. The molecule has 0 spiro atoms. The maximum Gasteiger partial charge on any atom is 0.0991 e. The molecule has 0 unspecified atom stereocenters. The van der Waals surface area contributed by atoms with Crippen LogP contribution >= 0.6 is 0 Å². The molecule has 274 valence electrons. The van der Waals surface area contributed by atoms with Crippen LogP contribution < -0.4 is 9.80 Å². The third kappa shape index (κ3) is 6.28. The van der Waals surface area contributed by atoms with Crippen LogP contribution in [-0.4, -0.2) is 0 Å². The fraction of sp³-hybridized carbons (Fsp3) is 0.192. The van der Waals surface area contributed by atoms with E-state index in [1.54, 1.807) is 0 Å². The van der Waals surface area contributed by atoms with Gasteiger partial charge in [-0.05, 0) is 153 Å². The van der Waals surface area contributed by atoms with E-state index in [-0.39, 0.29) is 0 Å². The second kappa shape index (κ2) is 14.9. The van der Waals surface area contributed by atoms with Gasteiger partial charge in [0, 0.05) is 33.5 Å². The molecule has 0 atom stereocenters. The zero-order valence-electron chi connectivity index (χ0n) is 33.1. The normalized spacial score (nSPS) is 11.5. The number of nitrogens with zero attached hydrogens (tertiary/aromatic N) is 4. The Labute approximate surface area is 330 Å². The van der Waals surface area contributed by atoms with Gasteiger partial charge in [0.05, 0.1) is 34.6 Å². The van der Waals surface area contributed by atoms with Crippen molar-refractivity contribution in [2.75, 3.05) is 9.80 Å². The van der Waals surface area contributed by atoms with Crippen LogP contribution in [0.4, 0.5) is 34.1 Å². The van der Waals surface area contributed by atoms with E-state index in [1.807, 2.05) is 24.3 Å². The van der Waals surface area contributed by atoms with Gasteiger partial charge in [-0.15, -0.1) is 0 Å². The molecule has 0 heterocycles. The van der Waals surface area contributed by atoms with E-state index in [0.29, 0.717) is 23.0 Å². The van der Waals surface area contributed by atoms with Crippen molar-refractivity contribution in [1.82, 2.24) is 0 Å². The molecule has 0 bridgehead atoms. The number of benzene rings is 8. The maximum absolute atomic E-state index is 9.68. The van der Waals surface area contributed by atoms with Crippen molar-refractivity contribution in [2.24, 2.45) is 0 Å². The molecule has 56 heavy (non-hydrogen) atoms. The lowest BCUT2D eigenvalue weighted by atomic mass is 9.86. The molecule has 0 aliphatic rings. The summed E-state index contributed by atoms with van der Waals surface area (Å²) in [6, 6.07) is 52.4. The molecule has 0 amide bonds. The Morgan fingerprint density at radius 1 is 0.429 bits per heavy atom. The minimum atomic E-state index is 0.424. The van der Waals surface area contributed by atoms with Crippen LogP contribution in [0.2, 0.25) is 0 Å². The van der Waals surface area contributed by atoms with E-state index in [1.165, 1.54) is 54.6 Å². The fourth-order valence-electron chi connectivity index (χ4n) is 8.29. The smallest absolute Gasteiger partial charge is 0.0991 e. The molecule has 0 aliphatic carbocycles. The third-order valence-corrected chi connectivity index (χ3v) is 11.4. The summed E-state index contributed by atoms with van der Waals surface area (Å²) < 4.78 is 0. The highest BCUT2D eigenvalue weighted by atomic mass is 15.1. The summed E-state index contributed by atoms with van der Waals surface area (Å²) in [4.78, 5) is 4.72. The molecule has 4 heteroatoms. The Kier molecular flexibility index (Phi) is 9.67. The van der Waals surface area contributed by atoms with Gasteiger partial charge in [0.2, 0.25) is 0 Å². The van der Waals surface area contributed by atoms with Crippen molar-refractivity contribution in [2.45, 2.75) is 66.2 Å². The topological polar surface area (TPSA) is 54.1 Å². The summed E-state index contributed by atoms with van der Waals surface area (Å²) in [5.41, 5.74) is 12.8. The zero-order chi connectivity index (χ0) is 39.1. The zero-order valence-corrected chi connectivity index (χ0v) is 33.1. The lowest BCUT2D eigenvalue weighted by Crippen LogP contribution is -2.13. The largest absolute Gasteiger partial charge is 0.310 e. The number of hydrogen-bond donors (Lipinski definition) is 0. The van der Waals surface area contributed by atoms with E-state index in [4.69, 9.17) is 0 Å². The lowest BCUT2D eigenvalue weighted by Gasteiger charge is -2.31. The van der Waals surface area contributed by atoms with Crippen LogP contribution in [0.5, 0.6) is 0 Å². The van der Waals surface area contributed by atoms with E-state index in [9.17, 15) is 10.5 Å². The third-order valence-electron chi connectivity index (χ3n) is 11.4. The first kappa shape index (κ1) is 36.4. The van der Waals surface area contributed by atoms with Crippen LogP contribution in [-0.2, 0) is 12.8 Å². The fourth-order valence-corrected chi connectivity index (χ4v) is 8.29. The van der Waals surface area contributed by atoms with Crippen molar-refractivity contribution in [1.29, 1.82) is 10.5 Å². The van der Waals surface area contributed by atoms with Crippen molar-refractivity contribution in [3.8, 4) is 12.1 Å². The van der Waals surface area contributed by atoms with Crippen LogP contribution in [0.1, 0.15) is 86.8 Å². The molecule has 0 N–H and O–H groups in total. The Bertz CT molecular complexity index is 2570. The first-order valence-corrected chi connectivity index (χ1v) is 19.8. The molecular formula is C52H46N4. The van der Waals surface area contributed by atoms with Gasteiger partial charge in [-0.25, -0.2) is 0 Å². The number of anilines is 6. The average molecular weight is 727 g/mol. The summed E-state index contributed by atoms with van der Waals surface area (Å²) in [5.74, 6) is 0.847. The van der Waals surface area contributed by atoms with E-state index >= 15 is 0 Å². The molecule has 4 nitrogen and oxygen atoms in total. The molecule has 0 saturated heterocycles. The lowest BCUT2D eigenvalue weighted by molar-refractivity contribution is 0.866. The molecule has 0 radical (unpaired) electrons. The monoisotopic (exact) mass is 726 g/mol. The van der Waals surface area contributed by atoms with Gasteiger partial charge >= 0.3 is 0 Å². The molecule has 0 aliphatic heterocycles. The van der Waals surface area contributed by atoms with Crippen molar-refractivity contribution < 1.29 is 0 Å². The van der Waals surface area contributed by atoms with Gasteiger partial charge in [-0.3, -0.25) is 0 Å². The molecular weight excluding hydrogens is 681 g/mol. The number of hydrogen-bond acceptors (Lipinski definition) is 4. The Morgan fingerprint density at radius 2 is 0.732 bits per heavy atom. The number of aryl methyl sites for hydroxylation is 2. The molecule has 0 aromatic heterocycles. The van der Waals surface area contributed by atoms with Crippen molar-refractivity contribution in [3.05, 3.63) is 167 Å². The van der Waals surface area contributed by atoms with Crippen LogP contribution in [0.25, 0.3) is 32.3 Å². The van der Waals surface area contributed by atoms with Crippen LogP contribution in [0.15, 0.2) is 133 Å². The molecule has 0 fully saturated rings. The second-order valence-electron chi connectivity index (χ2n) is 15.4. The van der Waals surface area contributed by atoms with E-state index in [2.05, 4.69) is 173 Å². The molecule has 8 rings (SSSR count). The summed E-state index contributed by atoms with van der Waals surface area (Å²) in [5, 5.41) is 26.8. The predicted octanol–water partition coefficient (Wildman–Crippen LogP) is 14.6. The highest BCUT2D eigenvalue weighted by Gasteiger charge is 2.24. The van der Waals surface area contributed by atoms with E-state index < -0.39 is 0 Å². The average Bonchev–Trinajstić information content (AvgIpc) is 3.24. The van der Waals surface area contributed by atoms with Crippen LogP contribution in [0, 0.1) is 22.7 Å². The summed E-state index contributed by atoms with van der Waals surface area (Å²) >= 11 is 0. The Balaban J connectivity index is 1.45. The van der Waals surface area contributed by atoms with Gasteiger partial charge in [-0.2, -0.15) is 10.5 Å². The quantitative estimate of drug-likeness (QED) is 0.132. The first-order chi connectivity index (χ1) is 27.2. The molecule has 8 aromatic carbocycles. The van der Waals surface area contributed by atoms with E-state index in [0.717, 1.165) is 47.0 Å². The Morgan fingerprint density at radius 3 is 1.02 bits per heavy atom. The van der Waals surface area contributed by atoms with Gasteiger partial charge < -0.3 is 9.80 Å². The van der Waals surface area contributed by atoms with Gasteiger partial charge in [0.1, 0.15) is 0 Å². The maximum atomic E-state index is 9.68. The summed E-state index contributed by atoms with van der Waals surface area (Å²) in [6.45, 7) is 13.4. The highest BCUT2D eigenvalue weighted by Crippen LogP contribution is 2.49. The minimum absolute atomic E-state index is 0.424. The SMILES string of the molecule is CCc1cc(N(c2ccc(C#N)cc2)c2ccc(C(C)C)cc2)c2ccc3c(CC)cc(N(c4ccc(C#N)cc4)c4ccc(C(C)C)cc4)c4ccc1c2c34. The van der Waals surface area contributed by atoms with Gasteiger partial charge in [0.25, 0.3) is 0 Å². The highest BCUT2D eigenvalue weighted by molar-refractivity contribution is 6.29. The molecule has 8 aromatic rings. The standard InChI is InChI=1S/C52H46N4/c1-7-37-29-49(55(41-17-9-35(31-53)10-18-41)43-21-13-39(14-22-43)33(3)4)47-28-26-46-38(8-2)30-50(48-27-25-45(37)51(47)52(46)48)56(42-19-11-36(32-54)12-20-42)44-23-15-40(16-24-44)34(5)6/h9-30,33-34H,7-8H2,1-6H3. The summed E-state index contributed by atoms with van der Waals surface area (Å²) in [6.07, 6.45) is 1.75. The van der Waals surface area contributed by atoms with Gasteiger partial charge in [-0.1, -0.05) is 90.1 Å². The second-order valence-corrected chi connectivity index (χ2v) is 15.4.